The summed E-state index contributed by atoms with van der Waals surface area (Å²) in [6, 6.07) is 21.0. The lowest BCUT2D eigenvalue weighted by Gasteiger charge is -2.15. The lowest BCUT2D eigenvalue weighted by atomic mass is 10.2. The number of carbonyl (C=O) groups is 1. The van der Waals surface area contributed by atoms with Crippen molar-refractivity contribution in [1.82, 2.24) is 0 Å². The Bertz CT molecular complexity index is 1260. The van der Waals surface area contributed by atoms with Gasteiger partial charge in [0.05, 0.1) is 59.5 Å². The summed E-state index contributed by atoms with van der Waals surface area (Å²) in [5.41, 5.74) is 3.01. The molecule has 1 heterocycles. The number of aryl methyl sites for hydroxylation is 2. The third kappa shape index (κ3) is 17.7. The summed E-state index contributed by atoms with van der Waals surface area (Å²) in [4.78, 5) is 11.0. The van der Waals surface area contributed by atoms with Crippen molar-refractivity contribution < 1.29 is 52.5 Å². The van der Waals surface area contributed by atoms with Gasteiger partial charge in [0.1, 0.15) is 26.4 Å². The fourth-order valence-corrected chi connectivity index (χ4v) is 3.94. The first-order valence-electron chi connectivity index (χ1n) is 16.0. The van der Waals surface area contributed by atoms with E-state index in [1.165, 1.54) is 0 Å². The van der Waals surface area contributed by atoms with E-state index in [1.54, 1.807) is 6.92 Å². The normalized spacial score (nSPS) is 15.1. The number of carbonyl (C=O) groups excluding carboxylic acids is 1. The molecular weight excluding hydrogens is 622 g/mol. The zero-order chi connectivity index (χ0) is 34.7. The van der Waals surface area contributed by atoms with Crippen molar-refractivity contribution in [3.8, 4) is 23.0 Å². The van der Waals surface area contributed by atoms with Crippen LogP contribution in [0.2, 0.25) is 0 Å². The van der Waals surface area contributed by atoms with Crippen molar-refractivity contribution in [1.29, 1.82) is 0 Å². The number of nitrogens with one attached hydrogen (secondary N) is 1. The number of aliphatic hydroxyl groups excluding tert-OH is 1. The van der Waals surface area contributed by atoms with Gasteiger partial charge in [0, 0.05) is 12.8 Å². The number of benzene rings is 3. The second-order valence-electron chi connectivity index (χ2n) is 9.95. The van der Waals surface area contributed by atoms with Crippen molar-refractivity contribution in [3.05, 3.63) is 77.9 Å². The fourth-order valence-electron chi connectivity index (χ4n) is 3.94. The number of amides is 1. The van der Waals surface area contributed by atoms with Crippen LogP contribution >= 0.6 is 0 Å². The minimum absolute atomic E-state index is 0.387. The highest BCUT2D eigenvalue weighted by Crippen LogP contribution is 2.28. The number of hydrogen-bond donors (Lipinski definition) is 2. The average Bonchev–Trinajstić information content (AvgIpc) is 3.09. The Labute approximate surface area is 284 Å². The molecule has 1 amide bonds. The fraction of sp³-hybridized carbons (Fsp3) is 0.472. The number of rotatable bonds is 2. The van der Waals surface area contributed by atoms with Gasteiger partial charge < -0.3 is 47.7 Å². The predicted octanol–water partition coefficient (Wildman–Crippen LogP) is 5.46. The van der Waals surface area contributed by atoms with Crippen LogP contribution in [-0.2, 0) is 23.7 Å². The van der Waals surface area contributed by atoms with Gasteiger partial charge in [-0.25, -0.2) is 4.79 Å². The predicted molar refractivity (Wildman–Crippen MR) is 183 cm³/mol. The number of anilines is 1. The minimum atomic E-state index is -0.411. The lowest BCUT2D eigenvalue weighted by Crippen LogP contribution is -2.15. The SMILES string of the molecule is CCOC(=O)Nc1ccc(C)cc1.CO.Cc1ccc2c(c1)OCCOCCOCCOc1ccccc1OCCOCCOCCO2. The largest absolute Gasteiger partial charge is 0.487 e. The first kappa shape index (κ1) is 40.1. The topological polar surface area (TPSA) is 132 Å². The van der Waals surface area contributed by atoms with Crippen LogP contribution < -0.4 is 24.3 Å². The monoisotopic (exact) mass is 673 g/mol. The van der Waals surface area contributed by atoms with Gasteiger partial charge in [-0.3, -0.25) is 5.32 Å². The molecule has 0 bridgehead atoms. The number of fused-ring (bicyclic) bond motifs is 2. The number of hydrogen-bond acceptors (Lipinski definition) is 11. The second kappa shape index (κ2) is 26.0. The molecule has 0 spiro atoms. The summed E-state index contributed by atoms with van der Waals surface area (Å²) in [5.74, 6) is 2.76. The average molecular weight is 674 g/mol. The van der Waals surface area contributed by atoms with Gasteiger partial charge in [0.2, 0.25) is 0 Å². The number of aliphatic hydroxyl groups is 1. The molecule has 266 valence electrons. The van der Waals surface area contributed by atoms with Crippen molar-refractivity contribution in [2.24, 2.45) is 0 Å². The molecule has 12 nitrogen and oxygen atoms in total. The van der Waals surface area contributed by atoms with E-state index in [-0.39, 0.29) is 0 Å². The first-order chi connectivity index (χ1) is 23.5. The van der Waals surface area contributed by atoms with Crippen molar-refractivity contribution in [2.45, 2.75) is 20.8 Å². The van der Waals surface area contributed by atoms with Crippen LogP contribution in [0.5, 0.6) is 23.0 Å². The molecule has 2 N–H and O–H groups in total. The highest BCUT2D eigenvalue weighted by atomic mass is 16.6. The van der Waals surface area contributed by atoms with Crippen LogP contribution in [0.25, 0.3) is 0 Å². The molecule has 0 aliphatic carbocycles. The van der Waals surface area contributed by atoms with Crippen LogP contribution in [0.1, 0.15) is 18.1 Å². The molecular formula is C36H51NO11. The van der Waals surface area contributed by atoms with Crippen LogP contribution in [0.15, 0.2) is 66.7 Å². The van der Waals surface area contributed by atoms with E-state index in [4.69, 9.17) is 47.7 Å². The number of ether oxygens (including phenoxy) is 9. The second-order valence-corrected chi connectivity index (χ2v) is 9.95. The molecule has 0 atom stereocenters. The van der Waals surface area contributed by atoms with Crippen LogP contribution in [0, 0.1) is 13.8 Å². The Morgan fingerprint density at radius 3 is 1.44 bits per heavy atom. The molecule has 0 radical (unpaired) electrons. The van der Waals surface area contributed by atoms with E-state index < -0.39 is 6.09 Å². The summed E-state index contributed by atoms with van der Waals surface area (Å²) >= 11 is 0. The van der Waals surface area contributed by atoms with Gasteiger partial charge in [-0.15, -0.1) is 0 Å². The van der Waals surface area contributed by atoms with Gasteiger partial charge >= 0.3 is 6.09 Å². The number of para-hydroxylation sites is 2. The van der Waals surface area contributed by atoms with Gasteiger partial charge in [-0.1, -0.05) is 35.9 Å². The first-order valence-corrected chi connectivity index (χ1v) is 16.0. The van der Waals surface area contributed by atoms with Crippen LogP contribution in [-0.4, -0.2) is 104 Å². The molecule has 4 rings (SSSR count). The van der Waals surface area contributed by atoms with Gasteiger partial charge in [-0.2, -0.15) is 0 Å². The Balaban J connectivity index is 0.000000445. The van der Waals surface area contributed by atoms with E-state index in [0.717, 1.165) is 23.9 Å². The highest BCUT2D eigenvalue weighted by Gasteiger charge is 2.07. The summed E-state index contributed by atoms with van der Waals surface area (Å²) in [5, 5.41) is 9.61. The van der Waals surface area contributed by atoms with E-state index in [2.05, 4.69) is 5.32 Å². The van der Waals surface area contributed by atoms with Crippen molar-refractivity contribution in [3.63, 3.8) is 0 Å². The smallest absolute Gasteiger partial charge is 0.411 e. The summed E-state index contributed by atoms with van der Waals surface area (Å²) in [7, 11) is 1.00. The van der Waals surface area contributed by atoms with Gasteiger partial charge in [-0.05, 0) is 62.7 Å². The standard InChI is InChI=1S/C25H34O8.C10H13NO2.CH4O/c1-21-6-7-24-25(20-21)33-19-15-29-11-10-27-13-17-31-23-5-3-2-4-22(23)30-16-12-26-8-9-28-14-18-32-24;1-3-13-10(12)11-9-6-4-8(2)5-7-9;1-2/h2-7,20H,8-19H2,1H3;4-7H,3H2,1-2H3,(H,11,12);2H,1H3. The summed E-state index contributed by atoms with van der Waals surface area (Å²) < 4.78 is 50.3. The van der Waals surface area contributed by atoms with Crippen LogP contribution in [0.3, 0.4) is 0 Å². The summed E-state index contributed by atoms with van der Waals surface area (Å²) in [6.07, 6.45) is -0.411. The Morgan fingerprint density at radius 2 is 0.979 bits per heavy atom. The molecule has 0 saturated carbocycles. The molecule has 1 aliphatic heterocycles. The molecule has 48 heavy (non-hydrogen) atoms. The zero-order valence-electron chi connectivity index (χ0n) is 28.6. The highest BCUT2D eigenvalue weighted by molar-refractivity contribution is 5.84. The van der Waals surface area contributed by atoms with Crippen molar-refractivity contribution in [2.75, 3.05) is 98.3 Å². The zero-order valence-corrected chi connectivity index (χ0v) is 28.6. The molecule has 0 saturated heterocycles. The Kier molecular flexibility index (Phi) is 21.7. The maximum atomic E-state index is 11.0. The van der Waals surface area contributed by atoms with Crippen molar-refractivity contribution >= 4 is 11.8 Å². The van der Waals surface area contributed by atoms with E-state index >= 15 is 0 Å². The van der Waals surface area contributed by atoms with E-state index in [1.807, 2.05) is 80.6 Å². The molecule has 0 aromatic heterocycles. The quantitative estimate of drug-likeness (QED) is 0.359. The van der Waals surface area contributed by atoms with E-state index in [0.29, 0.717) is 109 Å². The van der Waals surface area contributed by atoms with E-state index in [9.17, 15) is 4.79 Å². The molecule has 3 aromatic carbocycles. The minimum Gasteiger partial charge on any atom is -0.487 e. The third-order valence-electron chi connectivity index (χ3n) is 6.21. The lowest BCUT2D eigenvalue weighted by molar-refractivity contribution is 0.0223. The molecule has 12 heteroatoms. The molecule has 0 fully saturated rings. The van der Waals surface area contributed by atoms with Gasteiger partial charge in [0.15, 0.2) is 23.0 Å². The Morgan fingerprint density at radius 1 is 0.583 bits per heavy atom. The third-order valence-corrected chi connectivity index (χ3v) is 6.21. The molecule has 1 aliphatic rings. The Hall–Kier alpha value is -4.07. The summed E-state index contributed by atoms with van der Waals surface area (Å²) in [6.45, 7) is 11.6. The maximum absolute atomic E-state index is 11.0. The van der Waals surface area contributed by atoms with Gasteiger partial charge in [0.25, 0.3) is 0 Å². The van der Waals surface area contributed by atoms with Crippen LogP contribution in [0.4, 0.5) is 10.5 Å². The maximum Gasteiger partial charge on any atom is 0.411 e. The molecule has 0 unspecified atom stereocenters. The molecule has 3 aromatic rings.